The number of nitrogens with zero attached hydrogens (tertiary/aromatic N) is 4. The Hall–Kier alpha value is -4.42. The Morgan fingerprint density at radius 3 is 1.29 bits per heavy atom. The number of esters is 1. The topological polar surface area (TPSA) is 167 Å². The molecule has 0 bridgehead atoms. The fourth-order valence-corrected chi connectivity index (χ4v) is 8.22. The standard InChI is InChI=1S/C22H19Cl3N2O2.C20H15Cl3N2O2.C6H6Cl2N2.4CH4.Li.H2O/c1-4-29-22(28)20-14(3)21(13(2)11-15-5-7-16(23)8-6-15)27(26-20)19-10-9-17(24)12-18(19)25;1-11(9-13-3-5-14(21)6-4-13)19-12(2)18(20(26)27)24-25(19)17-8-7-15(22)10-16(17)23;7-4-1-2-6(10-9)5(8)3-4;;;;;;/h5-12H,4H2,1-3H3;3-10H,1-2H3,(H,26,27);1-3,10H,9H2;4*1H4;;1H2/q;;;;;;;+1;/p-1/b13-11+;11-9+;;;;;;;. The molecule has 0 aliphatic carbocycles. The molecular formula is C52H57Cl8LiN6O5. The third-order valence-corrected chi connectivity index (χ3v) is 11.7. The Bertz CT molecular complexity index is 2960. The van der Waals surface area contributed by atoms with E-state index >= 15 is 0 Å². The van der Waals surface area contributed by atoms with Crippen LogP contribution in [0.2, 0.25) is 40.2 Å². The van der Waals surface area contributed by atoms with Crippen molar-refractivity contribution in [2.24, 2.45) is 5.84 Å². The SMILES string of the molecule is C.C.C.C.C/C(=C\c1ccc(Cl)cc1)c1c(C)c(C(=O)O)nn1-c1ccc(Cl)cc1Cl.CCOC(=O)c1nn(-c2ccc(Cl)cc2Cl)c(/C(C)=C/c2ccc(Cl)cc2)c1C.NNc1ccc(Cl)cc1Cl.[Li+].[OH-]. The number of anilines is 1. The first-order chi connectivity index (χ1) is 31.3. The Kier molecular flexibility index (Phi) is 31.0. The zero-order chi connectivity index (χ0) is 48.4. The zero-order valence-electron chi connectivity index (χ0n) is 37.2. The van der Waals surface area contributed by atoms with Crippen molar-refractivity contribution in [2.45, 2.75) is 64.3 Å². The summed E-state index contributed by atoms with van der Waals surface area (Å²) >= 11 is 48.0. The maximum absolute atomic E-state index is 12.4. The summed E-state index contributed by atoms with van der Waals surface area (Å²) in [6.45, 7) is 9.44. The number of hydrogen-bond acceptors (Lipinski definition) is 8. The Labute approximate surface area is 475 Å². The van der Waals surface area contributed by atoms with Gasteiger partial charge in [-0.25, -0.2) is 19.0 Å². The number of aromatic nitrogens is 4. The van der Waals surface area contributed by atoms with Crippen molar-refractivity contribution in [1.29, 1.82) is 0 Å². The van der Waals surface area contributed by atoms with E-state index in [-0.39, 0.29) is 72.0 Å². The van der Waals surface area contributed by atoms with E-state index < -0.39 is 11.9 Å². The molecule has 72 heavy (non-hydrogen) atoms. The van der Waals surface area contributed by atoms with Gasteiger partial charge in [-0.15, -0.1) is 0 Å². The number of aromatic carboxylic acids is 1. The molecule has 2 aromatic heterocycles. The van der Waals surface area contributed by atoms with Gasteiger partial charge in [-0.2, -0.15) is 10.2 Å². The van der Waals surface area contributed by atoms with E-state index in [2.05, 4.69) is 15.6 Å². The first-order valence-electron chi connectivity index (χ1n) is 19.6. The second kappa shape index (κ2) is 32.0. The number of nitrogens with two attached hydrogens (primary N) is 1. The summed E-state index contributed by atoms with van der Waals surface area (Å²) in [6.07, 6.45) is 3.93. The normalized spacial score (nSPS) is 10.4. The van der Waals surface area contributed by atoms with Crippen molar-refractivity contribution in [3.8, 4) is 11.4 Å². The number of allylic oxidation sites excluding steroid dienone is 2. The van der Waals surface area contributed by atoms with Gasteiger partial charge in [0.1, 0.15) is 0 Å². The van der Waals surface area contributed by atoms with Gasteiger partial charge in [-0.1, -0.05) is 147 Å². The van der Waals surface area contributed by atoms with E-state index in [1.807, 2.05) is 69.3 Å². The average Bonchev–Trinajstić information content (AvgIpc) is 3.79. The predicted octanol–water partition coefficient (Wildman–Crippen LogP) is 14.9. The van der Waals surface area contributed by atoms with E-state index in [9.17, 15) is 14.7 Å². The molecule has 0 aliphatic rings. The van der Waals surface area contributed by atoms with Crippen LogP contribution in [-0.4, -0.2) is 48.7 Å². The van der Waals surface area contributed by atoms with Gasteiger partial charge in [0.25, 0.3) is 0 Å². The molecule has 382 valence electrons. The van der Waals surface area contributed by atoms with E-state index in [0.29, 0.717) is 74.1 Å². The van der Waals surface area contributed by atoms with Crippen LogP contribution in [0.3, 0.4) is 0 Å². The summed E-state index contributed by atoms with van der Waals surface area (Å²) in [4.78, 5) is 24.0. The Morgan fingerprint density at radius 2 is 0.944 bits per heavy atom. The number of halogens is 8. The van der Waals surface area contributed by atoms with Gasteiger partial charge in [0.15, 0.2) is 11.4 Å². The number of rotatable bonds is 10. The monoisotopic (exact) mass is 1130 g/mol. The number of nitrogen functional groups attached to an aromatic ring is 1. The zero-order valence-corrected chi connectivity index (χ0v) is 43.2. The van der Waals surface area contributed by atoms with Crippen molar-refractivity contribution in [1.82, 2.24) is 19.6 Å². The van der Waals surface area contributed by atoms with Gasteiger partial charge in [0.2, 0.25) is 0 Å². The van der Waals surface area contributed by atoms with E-state index in [0.717, 1.165) is 28.0 Å². The summed E-state index contributed by atoms with van der Waals surface area (Å²) in [5.41, 5.74) is 10.8. The van der Waals surface area contributed by atoms with E-state index in [4.69, 9.17) is 103 Å². The number of hydrazine groups is 1. The molecule has 7 rings (SSSR count). The van der Waals surface area contributed by atoms with Gasteiger partial charge in [-0.05, 0) is 148 Å². The number of hydrogen-bond donors (Lipinski definition) is 3. The molecule has 7 aromatic rings. The van der Waals surface area contributed by atoms with Crippen LogP contribution in [0, 0.1) is 13.8 Å². The summed E-state index contributed by atoms with van der Waals surface area (Å²) in [5.74, 6) is 3.55. The number of benzene rings is 5. The van der Waals surface area contributed by atoms with Gasteiger partial charge in [-0.3, -0.25) is 5.84 Å². The van der Waals surface area contributed by atoms with Crippen LogP contribution in [0.25, 0.3) is 34.7 Å². The second-order valence-corrected chi connectivity index (χ2v) is 17.6. The maximum atomic E-state index is 12.4. The molecule has 2 heterocycles. The van der Waals surface area contributed by atoms with Gasteiger partial charge < -0.3 is 20.7 Å². The van der Waals surface area contributed by atoms with Crippen molar-refractivity contribution in [2.75, 3.05) is 12.0 Å². The number of carbonyl (C=O) groups excluding carboxylic acids is 1. The fourth-order valence-electron chi connectivity index (χ4n) is 6.53. The quantitative estimate of drug-likeness (QED) is 0.0523. The third-order valence-electron chi connectivity index (χ3n) is 9.53. The Morgan fingerprint density at radius 1 is 0.597 bits per heavy atom. The second-order valence-electron chi connectivity index (χ2n) is 14.2. The summed E-state index contributed by atoms with van der Waals surface area (Å²) in [7, 11) is 0. The van der Waals surface area contributed by atoms with Crippen LogP contribution in [0.1, 0.15) is 105 Å². The molecule has 0 unspecified atom stereocenters. The van der Waals surface area contributed by atoms with Crippen LogP contribution in [-0.2, 0) is 4.74 Å². The summed E-state index contributed by atoms with van der Waals surface area (Å²) in [6, 6.07) is 30.0. The van der Waals surface area contributed by atoms with Crippen LogP contribution < -0.4 is 30.1 Å². The number of carboxylic acid groups (broad SMARTS) is 1. The van der Waals surface area contributed by atoms with Crippen molar-refractivity contribution < 1.29 is 43.8 Å². The molecular weight excluding hydrogens is 1080 g/mol. The molecule has 5 N–H and O–H groups in total. The number of carbonyl (C=O) groups is 2. The molecule has 0 fully saturated rings. The van der Waals surface area contributed by atoms with Crippen molar-refractivity contribution in [3.63, 3.8) is 0 Å². The maximum Gasteiger partial charge on any atom is 1.00 e. The minimum atomic E-state index is -1.10. The molecule has 0 radical (unpaired) electrons. The van der Waals surface area contributed by atoms with Crippen LogP contribution in [0.5, 0.6) is 0 Å². The molecule has 0 amide bonds. The van der Waals surface area contributed by atoms with Gasteiger partial charge in [0.05, 0.1) is 50.1 Å². The van der Waals surface area contributed by atoms with Gasteiger partial charge in [0, 0.05) is 36.2 Å². The first kappa shape index (κ1) is 69.7. The molecule has 5 aromatic carbocycles. The minimum Gasteiger partial charge on any atom is -0.870 e. The number of carboxylic acids is 1. The Balaban J connectivity index is 0. The van der Waals surface area contributed by atoms with E-state index in [1.54, 1.807) is 89.9 Å². The number of ether oxygens (including phenoxy) is 1. The van der Waals surface area contributed by atoms with Crippen LogP contribution >= 0.6 is 92.8 Å². The molecule has 0 saturated carbocycles. The van der Waals surface area contributed by atoms with Crippen molar-refractivity contribution >= 4 is 134 Å². The smallest absolute Gasteiger partial charge is 0.870 e. The third kappa shape index (κ3) is 17.9. The number of nitrogens with one attached hydrogen (secondary N) is 1. The molecule has 0 saturated heterocycles. The molecule has 11 nitrogen and oxygen atoms in total. The average molecular weight is 1140 g/mol. The van der Waals surface area contributed by atoms with Gasteiger partial charge >= 0.3 is 30.8 Å². The first-order valence-corrected chi connectivity index (χ1v) is 22.7. The molecule has 20 heteroatoms. The molecule has 0 spiro atoms. The fraction of sp³-hybridized carbons (Fsp3) is 0.192. The minimum absolute atomic E-state index is 0. The van der Waals surface area contributed by atoms with Crippen molar-refractivity contribution in [3.05, 3.63) is 188 Å². The summed E-state index contributed by atoms with van der Waals surface area (Å²) < 4.78 is 8.37. The van der Waals surface area contributed by atoms with Crippen LogP contribution in [0.15, 0.2) is 103 Å². The van der Waals surface area contributed by atoms with E-state index in [1.165, 1.54) is 0 Å². The summed E-state index contributed by atoms with van der Waals surface area (Å²) in [5, 5.41) is 22.5. The molecule has 0 atom stereocenters. The van der Waals surface area contributed by atoms with Crippen LogP contribution in [0.4, 0.5) is 5.69 Å². The predicted molar refractivity (Wildman–Crippen MR) is 303 cm³/mol. The largest absolute Gasteiger partial charge is 1.00 e. The molecule has 0 aliphatic heterocycles.